The van der Waals surface area contributed by atoms with Crippen LogP contribution < -0.4 is 0 Å². The van der Waals surface area contributed by atoms with Crippen molar-refractivity contribution in [3.05, 3.63) is 89.4 Å². The topological polar surface area (TPSA) is 12.4 Å². The van der Waals surface area contributed by atoms with Crippen molar-refractivity contribution >= 4 is 76.5 Å². The zero-order valence-corrected chi connectivity index (χ0v) is 19.4. The van der Waals surface area contributed by atoms with Crippen molar-refractivity contribution in [1.29, 1.82) is 0 Å². The largest absolute Gasteiger partial charge is 0.272 e. The van der Waals surface area contributed by atoms with Crippen LogP contribution in [0.2, 0.25) is 0 Å². The second kappa shape index (κ2) is 7.70. The molecule has 6 aromatic rings. The lowest BCUT2D eigenvalue weighted by atomic mass is 9.88. The maximum Gasteiger partial charge on any atom is 0.0361 e. The molecule has 0 aliphatic heterocycles. The summed E-state index contributed by atoms with van der Waals surface area (Å²) in [6, 6.07) is 24.5. The van der Waals surface area contributed by atoms with E-state index in [1.165, 1.54) is 63.3 Å². The van der Waals surface area contributed by atoms with Crippen molar-refractivity contribution in [2.24, 2.45) is 4.99 Å². The molecule has 32 heavy (non-hydrogen) atoms. The van der Waals surface area contributed by atoms with Crippen LogP contribution in [0.3, 0.4) is 0 Å². The summed E-state index contributed by atoms with van der Waals surface area (Å²) in [5, 5.41) is 8.92. The third-order valence-corrected chi connectivity index (χ3v) is 8.36. The number of hydrogen-bond donors (Lipinski definition) is 0. The second-order valence-corrected chi connectivity index (χ2v) is 9.98. The van der Waals surface area contributed by atoms with Gasteiger partial charge < -0.3 is 0 Å². The van der Waals surface area contributed by atoms with E-state index in [0.29, 0.717) is 0 Å². The zero-order chi connectivity index (χ0) is 21.7. The first-order valence-corrected chi connectivity index (χ1v) is 12.5. The molecule has 6 rings (SSSR count). The van der Waals surface area contributed by atoms with Crippen LogP contribution in [0.1, 0.15) is 18.1 Å². The molecule has 0 unspecified atom stereocenters. The van der Waals surface area contributed by atoms with Gasteiger partial charge in [0.05, 0.1) is 0 Å². The molecule has 4 aromatic carbocycles. The summed E-state index contributed by atoms with van der Waals surface area (Å²) >= 11 is 3.69. The SMILES string of the molecule is C=N/C=C\c1c(-c2csc3ccccc23)cc2cc3c(cc2c1CC)sc1ccccc13. The van der Waals surface area contributed by atoms with Gasteiger partial charge in [0.15, 0.2) is 0 Å². The lowest BCUT2D eigenvalue weighted by molar-refractivity contribution is 1.15. The van der Waals surface area contributed by atoms with Crippen LogP contribution in [0, 0.1) is 0 Å². The molecule has 0 N–H and O–H groups in total. The van der Waals surface area contributed by atoms with Crippen LogP contribution in [-0.4, -0.2) is 6.72 Å². The van der Waals surface area contributed by atoms with Crippen molar-refractivity contribution in [3.63, 3.8) is 0 Å². The summed E-state index contributed by atoms with van der Waals surface area (Å²) in [5.74, 6) is 0. The Labute approximate surface area is 195 Å². The Kier molecular flexibility index (Phi) is 4.67. The molecule has 0 saturated carbocycles. The van der Waals surface area contributed by atoms with Gasteiger partial charge in [0.25, 0.3) is 0 Å². The summed E-state index contributed by atoms with van der Waals surface area (Å²) < 4.78 is 4.01. The highest BCUT2D eigenvalue weighted by Crippen LogP contribution is 2.43. The van der Waals surface area contributed by atoms with Crippen molar-refractivity contribution in [2.75, 3.05) is 0 Å². The van der Waals surface area contributed by atoms with Gasteiger partial charge in [-0.1, -0.05) is 43.3 Å². The van der Waals surface area contributed by atoms with Crippen molar-refractivity contribution in [2.45, 2.75) is 13.3 Å². The fourth-order valence-corrected chi connectivity index (χ4v) is 6.91. The van der Waals surface area contributed by atoms with E-state index >= 15 is 0 Å². The molecule has 0 spiro atoms. The van der Waals surface area contributed by atoms with Gasteiger partial charge in [-0.15, -0.1) is 22.7 Å². The lowest BCUT2D eigenvalue weighted by Crippen LogP contribution is -1.94. The first-order valence-electron chi connectivity index (χ1n) is 10.8. The molecule has 1 nitrogen and oxygen atoms in total. The van der Waals surface area contributed by atoms with Gasteiger partial charge in [-0.3, -0.25) is 4.99 Å². The highest BCUT2D eigenvalue weighted by molar-refractivity contribution is 7.25. The predicted molar refractivity (Wildman–Crippen MR) is 146 cm³/mol. The van der Waals surface area contributed by atoms with Crippen molar-refractivity contribution in [1.82, 2.24) is 0 Å². The van der Waals surface area contributed by atoms with Crippen LogP contribution in [-0.2, 0) is 6.42 Å². The minimum atomic E-state index is 0.958. The molecule has 3 heteroatoms. The molecule has 2 aromatic heterocycles. The van der Waals surface area contributed by atoms with Crippen molar-refractivity contribution < 1.29 is 0 Å². The van der Waals surface area contributed by atoms with Crippen LogP contribution >= 0.6 is 22.7 Å². The van der Waals surface area contributed by atoms with Crippen LogP contribution in [0.25, 0.3) is 58.2 Å². The van der Waals surface area contributed by atoms with Crippen LogP contribution in [0.4, 0.5) is 0 Å². The number of nitrogens with zero attached hydrogens (tertiary/aromatic N) is 1. The van der Waals surface area contributed by atoms with Gasteiger partial charge in [-0.05, 0) is 82.4 Å². The summed E-state index contributed by atoms with van der Waals surface area (Å²) in [6.45, 7) is 5.92. The van der Waals surface area contributed by atoms with Gasteiger partial charge in [0.2, 0.25) is 0 Å². The fourth-order valence-electron chi connectivity index (χ4n) is 4.82. The maximum atomic E-state index is 4.02. The van der Waals surface area contributed by atoms with E-state index in [9.17, 15) is 0 Å². The van der Waals surface area contributed by atoms with E-state index in [1.807, 2.05) is 28.9 Å². The summed E-state index contributed by atoms with van der Waals surface area (Å²) in [7, 11) is 0. The van der Waals surface area contributed by atoms with Gasteiger partial charge in [0.1, 0.15) is 0 Å². The summed E-state index contributed by atoms with van der Waals surface area (Å²) in [6.07, 6.45) is 4.90. The monoisotopic (exact) mass is 447 g/mol. The number of thiophene rings is 2. The second-order valence-electron chi connectivity index (χ2n) is 7.98. The molecular weight excluding hydrogens is 426 g/mol. The normalized spacial score (nSPS) is 12.0. The Morgan fingerprint density at radius 2 is 1.59 bits per heavy atom. The third kappa shape index (κ3) is 2.93. The highest BCUT2D eigenvalue weighted by atomic mass is 32.1. The average molecular weight is 448 g/mol. The molecule has 0 aliphatic rings. The van der Waals surface area contributed by atoms with Gasteiger partial charge in [-0.25, -0.2) is 0 Å². The Morgan fingerprint density at radius 3 is 2.41 bits per heavy atom. The molecule has 0 aliphatic carbocycles. The molecule has 0 radical (unpaired) electrons. The molecule has 0 saturated heterocycles. The fraction of sp³-hybridized carbons (Fsp3) is 0.0690. The maximum absolute atomic E-state index is 4.02. The number of fused-ring (bicyclic) bond motifs is 5. The van der Waals surface area contributed by atoms with Gasteiger partial charge in [0, 0.05) is 42.0 Å². The van der Waals surface area contributed by atoms with Gasteiger partial charge >= 0.3 is 0 Å². The Bertz CT molecular complexity index is 1680. The van der Waals surface area contributed by atoms with Crippen LogP contribution in [0.5, 0.6) is 0 Å². The van der Waals surface area contributed by atoms with E-state index in [0.717, 1.165) is 6.42 Å². The molecule has 2 heterocycles. The molecule has 0 amide bonds. The molecular formula is C29H21NS2. The Morgan fingerprint density at radius 1 is 0.812 bits per heavy atom. The zero-order valence-electron chi connectivity index (χ0n) is 17.8. The van der Waals surface area contributed by atoms with E-state index < -0.39 is 0 Å². The number of hydrogen-bond acceptors (Lipinski definition) is 3. The van der Waals surface area contributed by atoms with E-state index in [-0.39, 0.29) is 0 Å². The minimum Gasteiger partial charge on any atom is -0.272 e. The van der Waals surface area contributed by atoms with Crippen molar-refractivity contribution in [3.8, 4) is 11.1 Å². The number of aliphatic imine (C=N–C) groups is 1. The highest BCUT2D eigenvalue weighted by Gasteiger charge is 2.17. The standard InChI is InChI=1S/C29H21NS2/c1-3-19-20(12-13-30-2)24(26-17-31-27-10-6-4-9-22(26)27)14-18-15-25-21-8-5-7-11-28(21)32-29(25)16-23(18)19/h4-17H,2-3H2,1H3/b13-12-. The predicted octanol–water partition coefficient (Wildman–Crippen LogP) is 9.32. The first kappa shape index (κ1) is 19.4. The number of benzene rings is 4. The van der Waals surface area contributed by atoms with Gasteiger partial charge in [-0.2, -0.15) is 0 Å². The quantitative estimate of drug-likeness (QED) is 0.239. The Hall–Kier alpha value is -3.27. The number of rotatable bonds is 4. The summed E-state index contributed by atoms with van der Waals surface area (Å²) in [5.41, 5.74) is 5.18. The smallest absolute Gasteiger partial charge is 0.0361 e. The molecule has 0 bridgehead atoms. The molecule has 154 valence electrons. The average Bonchev–Trinajstić information content (AvgIpc) is 3.41. The summed E-state index contributed by atoms with van der Waals surface area (Å²) in [4.78, 5) is 4.02. The first-order chi connectivity index (χ1) is 15.8. The third-order valence-electron chi connectivity index (χ3n) is 6.26. The van der Waals surface area contributed by atoms with E-state index in [1.54, 1.807) is 0 Å². The number of aryl methyl sites for hydroxylation is 1. The lowest BCUT2D eigenvalue weighted by Gasteiger charge is -2.15. The minimum absolute atomic E-state index is 0.958. The van der Waals surface area contributed by atoms with Crippen LogP contribution in [0.15, 0.2) is 83.3 Å². The molecule has 0 atom stereocenters. The van der Waals surface area contributed by atoms with E-state index in [4.69, 9.17) is 0 Å². The molecule has 0 fully saturated rings. The Balaban J connectivity index is 1.75. The van der Waals surface area contributed by atoms with E-state index in [2.05, 4.69) is 96.8 Å².